The highest BCUT2D eigenvalue weighted by molar-refractivity contribution is 4.76. The van der Waals surface area contributed by atoms with E-state index in [0.717, 1.165) is 13.1 Å². The van der Waals surface area contributed by atoms with Crippen LogP contribution in [0.1, 0.15) is 13.8 Å². The zero-order valence-corrected chi connectivity index (χ0v) is 4.86. The number of nitrogens with zero attached hydrogens (tertiary/aromatic N) is 1. The smallest absolute Gasteiger partial charge is 0.0368 e. The molecule has 0 atom stereocenters. The number of hydrogen-bond acceptors (Lipinski definition) is 1. The molecule has 1 radical (unpaired) electrons. The molecular weight excluding hydrogens is 88.1 g/mol. The van der Waals surface area contributed by atoms with Gasteiger partial charge in [-0.25, -0.2) is 5.43 Å². The van der Waals surface area contributed by atoms with Crippen LogP contribution in [0.5, 0.6) is 0 Å². The molecule has 1 rings (SSSR count). The molecule has 7 heavy (non-hydrogen) atoms. The molecule has 0 aromatic carbocycles. The second kappa shape index (κ2) is 1.46. The van der Waals surface area contributed by atoms with Crippen LogP contribution in [0, 0.1) is 5.41 Å². The quantitative estimate of drug-likeness (QED) is 0.459. The summed E-state index contributed by atoms with van der Waals surface area (Å²) in [5.41, 5.74) is 7.34. The van der Waals surface area contributed by atoms with Gasteiger partial charge in [0.1, 0.15) is 0 Å². The van der Waals surface area contributed by atoms with Crippen molar-refractivity contribution in [1.82, 2.24) is 10.9 Å². The first kappa shape index (κ1) is 5.06. The molecule has 0 saturated carbocycles. The fourth-order valence-electron chi connectivity index (χ4n) is 0.596. The Labute approximate surface area is 44.3 Å². The minimum atomic E-state index is 0.417. The molecule has 1 aliphatic heterocycles. The average Bonchev–Trinajstić information content (AvgIpc) is 1.84. The summed E-state index contributed by atoms with van der Waals surface area (Å²) >= 11 is 0. The van der Waals surface area contributed by atoms with E-state index in [1.807, 2.05) is 0 Å². The van der Waals surface area contributed by atoms with Crippen molar-refractivity contribution in [3.8, 4) is 0 Å². The molecule has 0 aliphatic carbocycles. The molecule has 1 N–H and O–H groups in total. The van der Waals surface area contributed by atoms with E-state index >= 15 is 0 Å². The van der Waals surface area contributed by atoms with Crippen molar-refractivity contribution in [3.05, 3.63) is 0 Å². The molecule has 0 aromatic heterocycles. The molecule has 1 aliphatic rings. The van der Waals surface area contributed by atoms with Gasteiger partial charge in [-0.1, -0.05) is 13.8 Å². The first-order chi connectivity index (χ1) is 3.21. The van der Waals surface area contributed by atoms with E-state index in [2.05, 4.69) is 24.7 Å². The molecule has 0 aromatic rings. The summed E-state index contributed by atoms with van der Waals surface area (Å²) in [7, 11) is 0. The first-order valence-corrected chi connectivity index (χ1v) is 2.60. The minimum Gasteiger partial charge on any atom is -0.240 e. The molecule has 1 saturated heterocycles. The van der Waals surface area contributed by atoms with Crippen LogP contribution in [0.15, 0.2) is 0 Å². The van der Waals surface area contributed by atoms with Gasteiger partial charge in [0.2, 0.25) is 0 Å². The van der Waals surface area contributed by atoms with Gasteiger partial charge in [-0.15, -0.1) is 0 Å². The van der Waals surface area contributed by atoms with Gasteiger partial charge in [0.25, 0.3) is 0 Å². The standard InChI is InChI=1S/C5H11N2/c1-5(2)3-6-7-4-5/h6H,3-4H2,1-2H3. The maximum absolute atomic E-state index is 3.99. The molecule has 1 heterocycles. The summed E-state index contributed by atoms with van der Waals surface area (Å²) in [6.45, 7) is 6.41. The van der Waals surface area contributed by atoms with E-state index in [0.29, 0.717) is 5.41 Å². The largest absolute Gasteiger partial charge is 0.240 e. The summed E-state index contributed by atoms with van der Waals surface area (Å²) < 4.78 is 0. The predicted molar refractivity (Wildman–Crippen MR) is 28.8 cm³/mol. The van der Waals surface area contributed by atoms with Gasteiger partial charge in [0, 0.05) is 13.1 Å². The highest BCUT2D eigenvalue weighted by Gasteiger charge is 2.22. The van der Waals surface area contributed by atoms with Crippen molar-refractivity contribution < 1.29 is 0 Å². The zero-order chi connectivity index (χ0) is 5.33. The molecule has 0 unspecified atom stereocenters. The van der Waals surface area contributed by atoms with Crippen LogP contribution in [0.2, 0.25) is 0 Å². The molecule has 0 amide bonds. The Kier molecular flexibility index (Phi) is 1.05. The third-order valence-corrected chi connectivity index (χ3v) is 1.18. The summed E-state index contributed by atoms with van der Waals surface area (Å²) in [5, 5.41) is 0. The third-order valence-electron chi connectivity index (χ3n) is 1.18. The highest BCUT2D eigenvalue weighted by atomic mass is 15.4. The predicted octanol–water partition coefficient (Wildman–Crippen LogP) is 0.135. The monoisotopic (exact) mass is 99.1 g/mol. The van der Waals surface area contributed by atoms with Gasteiger partial charge in [0.15, 0.2) is 0 Å². The van der Waals surface area contributed by atoms with Gasteiger partial charge in [0.05, 0.1) is 0 Å². The van der Waals surface area contributed by atoms with E-state index in [-0.39, 0.29) is 0 Å². The van der Waals surface area contributed by atoms with Crippen LogP contribution < -0.4 is 10.9 Å². The van der Waals surface area contributed by atoms with Crippen molar-refractivity contribution >= 4 is 0 Å². The Bertz CT molecular complexity index is 60.5. The molecule has 41 valence electrons. The lowest BCUT2D eigenvalue weighted by molar-refractivity contribution is 0.439. The van der Waals surface area contributed by atoms with Gasteiger partial charge in [-0.2, -0.15) is 5.43 Å². The Hall–Kier alpha value is -0.0800. The van der Waals surface area contributed by atoms with Crippen LogP contribution in [-0.4, -0.2) is 13.1 Å². The van der Waals surface area contributed by atoms with E-state index in [4.69, 9.17) is 0 Å². The molecule has 0 spiro atoms. The van der Waals surface area contributed by atoms with Gasteiger partial charge in [-0.3, -0.25) is 0 Å². The number of nitrogens with one attached hydrogen (secondary N) is 1. The SMILES string of the molecule is CC1(C)C[N]NC1. The van der Waals surface area contributed by atoms with Gasteiger partial charge >= 0.3 is 0 Å². The van der Waals surface area contributed by atoms with Crippen LogP contribution in [-0.2, 0) is 0 Å². The minimum absolute atomic E-state index is 0.417. The summed E-state index contributed by atoms with van der Waals surface area (Å²) in [6.07, 6.45) is 0. The topological polar surface area (TPSA) is 26.1 Å². The van der Waals surface area contributed by atoms with Crippen molar-refractivity contribution in [3.63, 3.8) is 0 Å². The zero-order valence-electron chi connectivity index (χ0n) is 4.86. The van der Waals surface area contributed by atoms with E-state index in [9.17, 15) is 0 Å². The van der Waals surface area contributed by atoms with Crippen molar-refractivity contribution in [1.29, 1.82) is 0 Å². The van der Waals surface area contributed by atoms with Crippen molar-refractivity contribution in [2.45, 2.75) is 13.8 Å². The molecule has 1 fully saturated rings. The van der Waals surface area contributed by atoms with E-state index < -0.39 is 0 Å². The molecule has 2 nitrogen and oxygen atoms in total. The highest BCUT2D eigenvalue weighted by Crippen LogP contribution is 2.14. The Morgan fingerprint density at radius 1 is 1.57 bits per heavy atom. The fourth-order valence-corrected chi connectivity index (χ4v) is 0.596. The van der Waals surface area contributed by atoms with Crippen molar-refractivity contribution in [2.75, 3.05) is 13.1 Å². The first-order valence-electron chi connectivity index (χ1n) is 2.60. The molecular formula is C5H11N2. The molecule has 2 heteroatoms. The van der Waals surface area contributed by atoms with Crippen LogP contribution in [0.4, 0.5) is 0 Å². The fraction of sp³-hybridized carbons (Fsp3) is 1.00. The van der Waals surface area contributed by atoms with Crippen LogP contribution in [0.25, 0.3) is 0 Å². The number of hydrogen-bond donors (Lipinski definition) is 1. The van der Waals surface area contributed by atoms with Gasteiger partial charge in [-0.05, 0) is 5.41 Å². The second-order valence-corrected chi connectivity index (χ2v) is 2.82. The third kappa shape index (κ3) is 1.14. The maximum Gasteiger partial charge on any atom is 0.0368 e. The Morgan fingerprint density at radius 3 is 2.43 bits per heavy atom. The Balaban J connectivity index is 2.40. The lowest BCUT2D eigenvalue weighted by Gasteiger charge is -2.10. The second-order valence-electron chi connectivity index (χ2n) is 2.82. The van der Waals surface area contributed by atoms with Crippen molar-refractivity contribution in [2.24, 2.45) is 5.41 Å². The summed E-state index contributed by atoms with van der Waals surface area (Å²) in [6, 6.07) is 0. The average molecular weight is 99.2 g/mol. The normalized spacial score (nSPS) is 28.3. The van der Waals surface area contributed by atoms with Crippen LogP contribution >= 0.6 is 0 Å². The number of rotatable bonds is 0. The summed E-state index contributed by atoms with van der Waals surface area (Å²) in [5.74, 6) is 0. The lowest BCUT2D eigenvalue weighted by atomic mass is 9.96. The lowest BCUT2D eigenvalue weighted by Crippen LogP contribution is -2.16. The van der Waals surface area contributed by atoms with Crippen LogP contribution in [0.3, 0.4) is 0 Å². The maximum atomic E-state index is 3.99. The Morgan fingerprint density at radius 2 is 2.29 bits per heavy atom. The summed E-state index contributed by atoms with van der Waals surface area (Å²) in [4.78, 5) is 0. The van der Waals surface area contributed by atoms with E-state index in [1.54, 1.807) is 0 Å². The van der Waals surface area contributed by atoms with Gasteiger partial charge < -0.3 is 0 Å². The molecule has 0 bridgehead atoms. The van der Waals surface area contributed by atoms with E-state index in [1.165, 1.54) is 0 Å².